The number of carbonyl (C=O) groups excluding carboxylic acids is 2. The van der Waals surface area contributed by atoms with Crippen LogP contribution in [0.2, 0.25) is 0 Å². The summed E-state index contributed by atoms with van der Waals surface area (Å²) in [5.74, 6) is -0.199. The van der Waals surface area contributed by atoms with E-state index in [1.807, 2.05) is 54.3 Å². The molecule has 2 aliphatic rings. The van der Waals surface area contributed by atoms with Crippen molar-refractivity contribution in [3.8, 4) is 0 Å². The fraction of sp³-hybridized carbons (Fsp3) is 0.480. The summed E-state index contributed by atoms with van der Waals surface area (Å²) in [5, 5.41) is 0. The zero-order chi connectivity index (χ0) is 21.6. The Morgan fingerprint density at radius 1 is 1.03 bits per heavy atom. The van der Waals surface area contributed by atoms with Crippen LogP contribution >= 0.6 is 0 Å². The molecular weight excluding hydrogens is 390 g/mol. The molecule has 0 unspecified atom stereocenters. The van der Waals surface area contributed by atoms with Crippen molar-refractivity contribution in [3.05, 3.63) is 65.5 Å². The normalized spacial score (nSPS) is 20.5. The second-order valence-corrected chi connectivity index (χ2v) is 8.61. The molecule has 6 nitrogen and oxygen atoms in total. The first-order chi connectivity index (χ1) is 15.1. The Labute approximate surface area is 184 Å². The maximum atomic E-state index is 13.2. The fourth-order valence-electron chi connectivity index (χ4n) is 4.56. The van der Waals surface area contributed by atoms with Crippen LogP contribution in [0.25, 0.3) is 0 Å². The van der Waals surface area contributed by atoms with Crippen LogP contribution in [0.4, 0.5) is 0 Å². The van der Waals surface area contributed by atoms with Gasteiger partial charge in [-0.1, -0.05) is 55.7 Å². The van der Waals surface area contributed by atoms with Crippen molar-refractivity contribution in [1.82, 2.24) is 14.8 Å². The van der Waals surface area contributed by atoms with Gasteiger partial charge in [-0.3, -0.25) is 9.59 Å². The SMILES string of the molecule is Cc1cccc(C(=O)N2CC(=O)N(C3CCCCC3)C[C@@H](OCc3ccccc3)C2)n1. The number of rotatable bonds is 5. The number of nitrogens with zero attached hydrogens (tertiary/aromatic N) is 3. The Hall–Kier alpha value is -2.73. The molecular formula is C25H31N3O3. The van der Waals surface area contributed by atoms with Crippen molar-refractivity contribution < 1.29 is 14.3 Å². The molecule has 164 valence electrons. The van der Waals surface area contributed by atoms with Crippen molar-refractivity contribution in [3.63, 3.8) is 0 Å². The average molecular weight is 422 g/mol. The van der Waals surface area contributed by atoms with Crippen LogP contribution in [0.15, 0.2) is 48.5 Å². The van der Waals surface area contributed by atoms with Crippen molar-refractivity contribution in [2.45, 2.75) is 57.8 Å². The Morgan fingerprint density at radius 2 is 1.81 bits per heavy atom. The zero-order valence-electron chi connectivity index (χ0n) is 18.2. The maximum Gasteiger partial charge on any atom is 0.273 e. The highest BCUT2D eigenvalue weighted by atomic mass is 16.5. The highest BCUT2D eigenvalue weighted by Crippen LogP contribution is 2.25. The molecule has 31 heavy (non-hydrogen) atoms. The molecule has 0 N–H and O–H groups in total. The van der Waals surface area contributed by atoms with Crippen LogP contribution < -0.4 is 0 Å². The number of aryl methyl sites for hydroxylation is 1. The number of carbonyl (C=O) groups is 2. The molecule has 2 aromatic rings. The third-order valence-electron chi connectivity index (χ3n) is 6.21. The molecule has 6 heteroatoms. The summed E-state index contributed by atoms with van der Waals surface area (Å²) in [6, 6.07) is 15.7. The number of aromatic nitrogens is 1. The summed E-state index contributed by atoms with van der Waals surface area (Å²) in [4.78, 5) is 34.4. The van der Waals surface area contributed by atoms with Gasteiger partial charge in [0.25, 0.3) is 5.91 Å². The Morgan fingerprint density at radius 3 is 2.55 bits per heavy atom. The van der Waals surface area contributed by atoms with Crippen molar-refractivity contribution >= 4 is 11.8 Å². The summed E-state index contributed by atoms with van der Waals surface area (Å²) < 4.78 is 6.25. The minimum Gasteiger partial charge on any atom is -0.370 e. The van der Waals surface area contributed by atoms with Gasteiger partial charge in [-0.25, -0.2) is 4.98 Å². The lowest BCUT2D eigenvalue weighted by atomic mass is 9.94. The quantitative estimate of drug-likeness (QED) is 0.740. The molecule has 1 aromatic heterocycles. The lowest BCUT2D eigenvalue weighted by molar-refractivity contribution is -0.134. The molecule has 1 saturated heterocycles. The predicted molar refractivity (Wildman–Crippen MR) is 118 cm³/mol. The summed E-state index contributed by atoms with van der Waals surface area (Å²) >= 11 is 0. The van der Waals surface area contributed by atoms with Crippen LogP contribution in [0.1, 0.15) is 53.8 Å². The molecule has 0 radical (unpaired) electrons. The van der Waals surface area contributed by atoms with Crippen LogP contribution in [-0.2, 0) is 16.1 Å². The Balaban J connectivity index is 1.53. The average Bonchev–Trinajstić information content (AvgIpc) is 2.97. The fourth-order valence-corrected chi connectivity index (χ4v) is 4.56. The number of ether oxygens (including phenoxy) is 1. The summed E-state index contributed by atoms with van der Waals surface area (Å²) in [6.07, 6.45) is 5.37. The molecule has 4 rings (SSSR count). The lowest BCUT2D eigenvalue weighted by Gasteiger charge is -2.34. The molecule has 0 spiro atoms. The van der Waals surface area contributed by atoms with E-state index in [2.05, 4.69) is 4.98 Å². The molecule has 2 amide bonds. The van der Waals surface area contributed by atoms with Gasteiger partial charge in [-0.15, -0.1) is 0 Å². The van der Waals surface area contributed by atoms with Crippen molar-refractivity contribution in [2.24, 2.45) is 0 Å². The molecule has 2 heterocycles. The predicted octanol–water partition coefficient (Wildman–Crippen LogP) is 3.59. The molecule has 0 bridgehead atoms. The first-order valence-corrected chi connectivity index (χ1v) is 11.3. The standard InChI is InChI=1S/C25H31N3O3/c1-19-9-8-14-23(26-19)25(30)27-15-22(31-18-20-10-4-2-5-11-20)16-28(24(29)17-27)21-12-6-3-7-13-21/h2,4-5,8-11,14,21-22H,3,6-7,12-13,15-18H2,1H3/t22-/m0/s1. The maximum absolute atomic E-state index is 13.2. The van der Waals surface area contributed by atoms with E-state index < -0.39 is 0 Å². The van der Waals surface area contributed by atoms with Crippen LogP contribution in [0.3, 0.4) is 0 Å². The van der Waals surface area contributed by atoms with Crippen molar-refractivity contribution in [1.29, 1.82) is 0 Å². The first-order valence-electron chi connectivity index (χ1n) is 11.3. The highest BCUT2D eigenvalue weighted by molar-refractivity contribution is 5.95. The van der Waals surface area contributed by atoms with Gasteiger partial charge >= 0.3 is 0 Å². The van der Waals surface area contributed by atoms with E-state index in [1.54, 1.807) is 11.0 Å². The van der Waals surface area contributed by atoms with E-state index in [9.17, 15) is 9.59 Å². The second-order valence-electron chi connectivity index (χ2n) is 8.61. The molecule has 1 atom stereocenters. The van der Waals surface area contributed by atoms with Gasteiger partial charge in [-0.05, 0) is 37.5 Å². The van der Waals surface area contributed by atoms with Gasteiger partial charge in [0, 0.05) is 24.8 Å². The van der Waals surface area contributed by atoms with Gasteiger partial charge in [-0.2, -0.15) is 0 Å². The van der Waals surface area contributed by atoms with E-state index in [4.69, 9.17) is 4.74 Å². The summed E-state index contributed by atoms with van der Waals surface area (Å²) in [7, 11) is 0. The van der Waals surface area contributed by atoms with E-state index in [0.29, 0.717) is 25.4 Å². The second kappa shape index (κ2) is 10.1. The van der Waals surface area contributed by atoms with E-state index >= 15 is 0 Å². The van der Waals surface area contributed by atoms with Gasteiger partial charge < -0.3 is 14.5 Å². The van der Waals surface area contributed by atoms with Gasteiger partial charge in [0.05, 0.1) is 12.7 Å². The number of hydrogen-bond donors (Lipinski definition) is 0. The van der Waals surface area contributed by atoms with Crippen LogP contribution in [-0.4, -0.2) is 58.4 Å². The first kappa shape index (κ1) is 21.5. The molecule has 1 aliphatic carbocycles. The number of amides is 2. The minimum absolute atomic E-state index is 0.0127. The molecule has 2 fully saturated rings. The lowest BCUT2D eigenvalue weighted by Crippen LogP contribution is -2.46. The summed E-state index contributed by atoms with van der Waals surface area (Å²) in [5.41, 5.74) is 2.24. The third kappa shape index (κ3) is 5.50. The minimum atomic E-state index is -0.234. The number of benzene rings is 1. The zero-order valence-corrected chi connectivity index (χ0v) is 18.2. The van der Waals surface area contributed by atoms with E-state index in [0.717, 1.165) is 36.9 Å². The van der Waals surface area contributed by atoms with Crippen LogP contribution in [0, 0.1) is 6.92 Å². The topological polar surface area (TPSA) is 62.7 Å². The number of pyridine rings is 1. The monoisotopic (exact) mass is 421 g/mol. The molecule has 1 aliphatic heterocycles. The highest BCUT2D eigenvalue weighted by Gasteiger charge is 2.35. The van der Waals surface area contributed by atoms with Gasteiger partial charge in [0.15, 0.2) is 0 Å². The Kier molecular flexibility index (Phi) is 6.97. The largest absolute Gasteiger partial charge is 0.370 e. The Bertz CT molecular complexity index is 896. The smallest absolute Gasteiger partial charge is 0.273 e. The third-order valence-corrected chi connectivity index (χ3v) is 6.21. The van der Waals surface area contributed by atoms with E-state index in [-0.39, 0.29) is 30.5 Å². The number of hydrogen-bond acceptors (Lipinski definition) is 4. The van der Waals surface area contributed by atoms with Gasteiger partial charge in [0.1, 0.15) is 12.2 Å². The van der Waals surface area contributed by atoms with Crippen LogP contribution in [0.5, 0.6) is 0 Å². The van der Waals surface area contributed by atoms with E-state index in [1.165, 1.54) is 6.42 Å². The molecule has 1 saturated carbocycles. The molecule has 1 aromatic carbocycles. The van der Waals surface area contributed by atoms with Crippen molar-refractivity contribution in [2.75, 3.05) is 19.6 Å². The van der Waals surface area contributed by atoms with Gasteiger partial charge in [0.2, 0.25) is 5.91 Å². The summed E-state index contributed by atoms with van der Waals surface area (Å²) in [6.45, 7) is 3.32.